The van der Waals surface area contributed by atoms with Gasteiger partial charge in [0.05, 0.1) is 16.2 Å². The molecule has 0 N–H and O–H groups in total. The van der Waals surface area contributed by atoms with Crippen molar-refractivity contribution < 1.29 is 14.5 Å². The number of carbonyl (C=O) groups is 2. The van der Waals surface area contributed by atoms with E-state index in [4.69, 9.17) is 0 Å². The summed E-state index contributed by atoms with van der Waals surface area (Å²) in [5.74, 6) is -0.850. The van der Waals surface area contributed by atoms with Crippen LogP contribution in [0.15, 0.2) is 29.3 Å². The van der Waals surface area contributed by atoms with E-state index in [9.17, 15) is 19.7 Å². The minimum absolute atomic E-state index is 0.111. The molecule has 0 saturated heterocycles. The third kappa shape index (κ3) is 1.81. The molecule has 19 heavy (non-hydrogen) atoms. The Morgan fingerprint density at radius 1 is 1.05 bits per heavy atom. The number of rotatable bonds is 2. The fourth-order valence-corrected chi connectivity index (χ4v) is 2.02. The lowest BCUT2D eigenvalue weighted by Crippen LogP contribution is -2.32. The zero-order valence-electron chi connectivity index (χ0n) is 10.8. The molecule has 0 unspecified atom stereocenters. The molecule has 0 aromatic heterocycles. The summed E-state index contributed by atoms with van der Waals surface area (Å²) < 4.78 is 0. The first-order chi connectivity index (χ1) is 8.86. The molecule has 0 bridgehead atoms. The number of hydrogen-bond acceptors (Lipinski definition) is 4. The third-order valence-electron chi connectivity index (χ3n) is 3.32. The predicted octanol–water partition coefficient (Wildman–Crippen LogP) is 2.11. The van der Waals surface area contributed by atoms with E-state index in [1.54, 1.807) is 13.8 Å². The van der Waals surface area contributed by atoms with Gasteiger partial charge in [0.1, 0.15) is 0 Å². The van der Waals surface area contributed by atoms with Crippen LogP contribution >= 0.6 is 0 Å². The Balaban J connectivity index is 2.57. The van der Waals surface area contributed by atoms with Gasteiger partial charge in [-0.05, 0) is 26.8 Å². The van der Waals surface area contributed by atoms with Crippen LogP contribution in [0.4, 0.5) is 11.4 Å². The van der Waals surface area contributed by atoms with Gasteiger partial charge in [0.15, 0.2) is 0 Å². The number of amides is 2. The van der Waals surface area contributed by atoms with Crippen LogP contribution in [0.3, 0.4) is 0 Å². The quantitative estimate of drug-likeness (QED) is 0.463. The van der Waals surface area contributed by atoms with Crippen molar-refractivity contribution >= 4 is 23.2 Å². The molecular weight excluding hydrogens is 248 g/mol. The number of nitro groups is 1. The van der Waals surface area contributed by atoms with Crippen LogP contribution in [0.5, 0.6) is 0 Å². The van der Waals surface area contributed by atoms with Crippen molar-refractivity contribution in [2.45, 2.75) is 20.8 Å². The molecule has 0 radical (unpaired) electrons. The Kier molecular flexibility index (Phi) is 2.94. The molecule has 1 aliphatic rings. The molecule has 0 spiro atoms. The summed E-state index contributed by atoms with van der Waals surface area (Å²) in [6.45, 7) is 4.67. The molecule has 0 saturated carbocycles. The zero-order valence-corrected chi connectivity index (χ0v) is 10.8. The lowest BCUT2D eigenvalue weighted by molar-refractivity contribution is -0.385. The highest BCUT2D eigenvalue weighted by Gasteiger charge is 2.36. The largest absolute Gasteiger partial charge is 0.274 e. The van der Waals surface area contributed by atoms with E-state index in [0.29, 0.717) is 16.7 Å². The van der Waals surface area contributed by atoms with Gasteiger partial charge in [-0.25, -0.2) is 4.90 Å². The summed E-state index contributed by atoms with van der Waals surface area (Å²) in [5.41, 5.74) is 1.20. The zero-order chi connectivity index (χ0) is 14.3. The Bertz CT molecular complexity index is 622. The van der Waals surface area contributed by atoms with Crippen molar-refractivity contribution in [3.05, 3.63) is 45.0 Å². The Hall–Kier alpha value is -2.50. The molecule has 6 heteroatoms. The van der Waals surface area contributed by atoms with E-state index in [1.807, 2.05) is 0 Å². The minimum atomic E-state index is -0.531. The number of imide groups is 1. The average molecular weight is 260 g/mol. The topological polar surface area (TPSA) is 80.5 Å². The van der Waals surface area contributed by atoms with Crippen molar-refractivity contribution in [3.63, 3.8) is 0 Å². The molecule has 1 aromatic carbocycles. The highest BCUT2D eigenvalue weighted by Crippen LogP contribution is 2.33. The maximum absolute atomic E-state index is 12.0. The van der Waals surface area contributed by atoms with Gasteiger partial charge in [0.25, 0.3) is 17.5 Å². The summed E-state index contributed by atoms with van der Waals surface area (Å²) in [6.07, 6.45) is 0. The molecule has 0 atom stereocenters. The van der Waals surface area contributed by atoms with Gasteiger partial charge in [0, 0.05) is 17.2 Å². The Labute approximate surface area is 109 Å². The smallest absolute Gasteiger partial charge is 0.269 e. The first-order valence-electron chi connectivity index (χ1n) is 5.66. The maximum Gasteiger partial charge on any atom is 0.274 e. The van der Waals surface area contributed by atoms with Crippen molar-refractivity contribution in [1.29, 1.82) is 0 Å². The third-order valence-corrected chi connectivity index (χ3v) is 3.32. The maximum atomic E-state index is 12.0. The molecule has 2 rings (SSSR count). The highest BCUT2D eigenvalue weighted by atomic mass is 16.6. The predicted molar refractivity (Wildman–Crippen MR) is 68.7 cm³/mol. The van der Waals surface area contributed by atoms with E-state index in [-0.39, 0.29) is 11.4 Å². The van der Waals surface area contributed by atoms with Crippen molar-refractivity contribution in [2.24, 2.45) is 0 Å². The van der Waals surface area contributed by atoms with Gasteiger partial charge in [-0.1, -0.05) is 6.07 Å². The first-order valence-corrected chi connectivity index (χ1v) is 5.66. The van der Waals surface area contributed by atoms with Crippen LogP contribution in [-0.2, 0) is 9.59 Å². The molecular formula is C13H12N2O4. The number of nitro benzene ring substituents is 1. The Morgan fingerprint density at radius 2 is 1.58 bits per heavy atom. The molecule has 6 nitrogen and oxygen atoms in total. The number of hydrogen-bond donors (Lipinski definition) is 0. The SMILES string of the molecule is CC1=C(C)C(=O)N(c2cccc([N+](=O)[O-])c2C)C1=O. The van der Waals surface area contributed by atoms with Crippen LogP contribution in [0, 0.1) is 17.0 Å². The number of nitrogens with zero attached hydrogens (tertiary/aromatic N) is 2. The number of benzene rings is 1. The fraction of sp³-hybridized carbons (Fsp3) is 0.231. The summed E-state index contributed by atoms with van der Waals surface area (Å²) >= 11 is 0. The van der Waals surface area contributed by atoms with Crippen LogP contribution in [0.25, 0.3) is 0 Å². The first kappa shape index (κ1) is 12.9. The van der Waals surface area contributed by atoms with Crippen molar-refractivity contribution in [2.75, 3.05) is 4.90 Å². The molecule has 0 aliphatic carbocycles. The minimum Gasteiger partial charge on any atom is -0.269 e. The van der Waals surface area contributed by atoms with Crippen LogP contribution < -0.4 is 4.90 Å². The molecule has 1 aromatic rings. The molecule has 1 heterocycles. The second kappa shape index (κ2) is 4.31. The summed E-state index contributed by atoms with van der Waals surface area (Å²) in [6, 6.07) is 4.34. The van der Waals surface area contributed by atoms with Crippen LogP contribution in [0.2, 0.25) is 0 Å². The molecule has 2 amide bonds. The Morgan fingerprint density at radius 3 is 2.05 bits per heavy atom. The van der Waals surface area contributed by atoms with E-state index in [1.165, 1.54) is 25.1 Å². The fourth-order valence-electron chi connectivity index (χ4n) is 2.02. The second-order valence-electron chi connectivity index (χ2n) is 4.37. The van der Waals surface area contributed by atoms with E-state index < -0.39 is 16.7 Å². The lowest BCUT2D eigenvalue weighted by atomic mass is 10.1. The van der Waals surface area contributed by atoms with Gasteiger partial charge >= 0.3 is 0 Å². The summed E-state index contributed by atoms with van der Waals surface area (Å²) in [4.78, 5) is 35.4. The molecule has 1 aliphatic heterocycles. The normalized spacial score (nSPS) is 15.4. The van der Waals surface area contributed by atoms with E-state index in [0.717, 1.165) is 4.90 Å². The standard InChI is InChI=1S/C13H12N2O4/c1-7-8(2)13(17)14(12(7)16)10-5-4-6-11(9(10)3)15(18)19/h4-6H,1-3H3. The van der Waals surface area contributed by atoms with E-state index in [2.05, 4.69) is 0 Å². The van der Waals surface area contributed by atoms with Crippen LogP contribution in [0.1, 0.15) is 19.4 Å². The molecule has 98 valence electrons. The van der Waals surface area contributed by atoms with Crippen molar-refractivity contribution in [1.82, 2.24) is 0 Å². The van der Waals surface area contributed by atoms with Crippen LogP contribution in [-0.4, -0.2) is 16.7 Å². The van der Waals surface area contributed by atoms with Crippen molar-refractivity contribution in [3.8, 4) is 0 Å². The van der Waals surface area contributed by atoms with Gasteiger partial charge in [-0.15, -0.1) is 0 Å². The highest BCUT2D eigenvalue weighted by molar-refractivity contribution is 6.32. The number of carbonyl (C=O) groups excluding carboxylic acids is 2. The average Bonchev–Trinajstić information content (AvgIpc) is 2.55. The monoisotopic (exact) mass is 260 g/mol. The van der Waals surface area contributed by atoms with Gasteiger partial charge in [-0.3, -0.25) is 19.7 Å². The summed E-state index contributed by atoms with van der Waals surface area (Å²) in [5, 5.41) is 10.9. The van der Waals surface area contributed by atoms with Gasteiger partial charge in [0.2, 0.25) is 0 Å². The second-order valence-corrected chi connectivity index (χ2v) is 4.37. The van der Waals surface area contributed by atoms with Gasteiger partial charge < -0.3 is 0 Å². The number of anilines is 1. The lowest BCUT2D eigenvalue weighted by Gasteiger charge is -2.17. The van der Waals surface area contributed by atoms with Gasteiger partial charge in [-0.2, -0.15) is 0 Å². The summed E-state index contributed by atoms with van der Waals surface area (Å²) in [7, 11) is 0. The van der Waals surface area contributed by atoms with E-state index >= 15 is 0 Å². The molecule has 0 fully saturated rings.